The van der Waals surface area contributed by atoms with Crippen molar-refractivity contribution < 1.29 is 13.9 Å². The van der Waals surface area contributed by atoms with Crippen LogP contribution in [-0.2, 0) is 11.5 Å². The highest BCUT2D eigenvalue weighted by molar-refractivity contribution is 7.98. The number of anilines is 1. The summed E-state index contributed by atoms with van der Waals surface area (Å²) in [6, 6.07) is 20.6. The van der Waals surface area contributed by atoms with Crippen LogP contribution in [0.4, 0.5) is 5.82 Å². The van der Waals surface area contributed by atoms with Crippen LogP contribution < -0.4 is 10.1 Å². The van der Waals surface area contributed by atoms with Crippen molar-refractivity contribution in [3.05, 3.63) is 90.0 Å². The number of benzene rings is 2. The van der Waals surface area contributed by atoms with Gasteiger partial charge in [0.05, 0.1) is 17.6 Å². The molecule has 5 rings (SSSR count). The van der Waals surface area contributed by atoms with Crippen molar-refractivity contribution in [3.8, 4) is 17.2 Å². The summed E-state index contributed by atoms with van der Waals surface area (Å²) >= 11 is 1.79. The third-order valence-electron chi connectivity index (χ3n) is 4.59. The molecule has 0 saturated heterocycles. The van der Waals surface area contributed by atoms with Gasteiger partial charge in [-0.3, -0.25) is 4.79 Å². The lowest BCUT2D eigenvalue weighted by Gasteiger charge is -2.11. The summed E-state index contributed by atoms with van der Waals surface area (Å²) in [5.41, 5.74) is 2.90. The number of para-hydroxylation sites is 1. The molecule has 0 saturated carbocycles. The number of carbonyl (C=O) groups excluding carboxylic acids is 1. The molecule has 4 aromatic rings. The van der Waals surface area contributed by atoms with Crippen molar-refractivity contribution in [2.75, 3.05) is 5.32 Å². The van der Waals surface area contributed by atoms with Crippen LogP contribution in [-0.4, -0.2) is 15.7 Å². The number of nitrogens with one attached hydrogen (secondary N) is 1. The molecule has 2 aromatic heterocycles. The molecule has 0 aliphatic carbocycles. The van der Waals surface area contributed by atoms with E-state index in [-0.39, 0.29) is 11.7 Å². The first kappa shape index (κ1) is 17.6. The summed E-state index contributed by atoms with van der Waals surface area (Å²) in [6.45, 7) is 0. The lowest BCUT2D eigenvalue weighted by atomic mass is 10.2. The van der Waals surface area contributed by atoms with Crippen LogP contribution in [0.2, 0.25) is 0 Å². The van der Waals surface area contributed by atoms with Crippen molar-refractivity contribution in [2.24, 2.45) is 0 Å². The minimum absolute atomic E-state index is 0.267. The topological polar surface area (TPSA) is 69.3 Å². The number of hydrogen-bond donors (Lipinski definition) is 1. The van der Waals surface area contributed by atoms with E-state index in [0.29, 0.717) is 5.82 Å². The van der Waals surface area contributed by atoms with E-state index in [1.165, 1.54) is 6.26 Å². The fraction of sp³-hybridized carbons (Fsp3) is 0.0909. The monoisotopic (exact) mass is 403 g/mol. The van der Waals surface area contributed by atoms with Crippen molar-refractivity contribution in [3.63, 3.8) is 0 Å². The summed E-state index contributed by atoms with van der Waals surface area (Å²) in [6.07, 6.45) is 1.48. The van der Waals surface area contributed by atoms with Crippen LogP contribution in [0.1, 0.15) is 21.8 Å². The average molecular weight is 403 g/mol. The van der Waals surface area contributed by atoms with Gasteiger partial charge in [0.2, 0.25) is 0 Å². The first-order chi connectivity index (χ1) is 14.3. The highest BCUT2D eigenvalue weighted by Gasteiger charge is 2.25. The Hall–Kier alpha value is -3.45. The number of nitrogens with zero attached hydrogens (tertiary/aromatic N) is 2. The molecule has 0 atom stereocenters. The Kier molecular flexibility index (Phi) is 4.57. The normalized spacial score (nSPS) is 12.6. The summed E-state index contributed by atoms with van der Waals surface area (Å²) in [5, 5.41) is 7.69. The molecule has 144 valence electrons. The number of fused-ring (bicyclic) bond motifs is 1. The Balaban J connectivity index is 1.44. The van der Waals surface area contributed by atoms with Gasteiger partial charge in [-0.05, 0) is 48.5 Å². The second kappa shape index (κ2) is 7.52. The molecule has 7 heteroatoms. The smallest absolute Gasteiger partial charge is 0.292 e. The molecule has 1 N–H and O–H groups in total. The molecule has 0 bridgehead atoms. The van der Waals surface area contributed by atoms with E-state index >= 15 is 0 Å². The number of furan rings is 1. The van der Waals surface area contributed by atoms with Crippen LogP contribution >= 0.6 is 11.8 Å². The number of hydrogen-bond acceptors (Lipinski definition) is 5. The third-order valence-corrected chi connectivity index (χ3v) is 5.56. The summed E-state index contributed by atoms with van der Waals surface area (Å²) in [7, 11) is 0. The van der Waals surface area contributed by atoms with Crippen LogP contribution in [0.5, 0.6) is 11.5 Å². The van der Waals surface area contributed by atoms with Gasteiger partial charge in [-0.1, -0.05) is 18.2 Å². The first-order valence-electron chi connectivity index (χ1n) is 9.14. The number of carbonyl (C=O) groups is 1. The zero-order chi connectivity index (χ0) is 19.6. The predicted octanol–water partition coefficient (Wildman–Crippen LogP) is 5.26. The standard InChI is InChI=1S/C22H17N3O3S/c26-22(20-7-4-12-27-20)23-21-18-13-29-14-19(18)24-25(21)15-8-10-17(11-9-15)28-16-5-2-1-3-6-16/h1-12H,13-14H2,(H,23,26). The lowest BCUT2D eigenvalue weighted by molar-refractivity contribution is 0.0996. The minimum Gasteiger partial charge on any atom is -0.459 e. The molecule has 1 aliphatic rings. The van der Waals surface area contributed by atoms with E-state index < -0.39 is 0 Å². The third kappa shape index (κ3) is 3.52. The maximum atomic E-state index is 12.5. The van der Waals surface area contributed by atoms with Gasteiger partial charge in [-0.15, -0.1) is 0 Å². The second-order valence-electron chi connectivity index (χ2n) is 6.52. The van der Waals surface area contributed by atoms with Crippen LogP contribution in [0.3, 0.4) is 0 Å². The first-order valence-corrected chi connectivity index (χ1v) is 10.3. The van der Waals surface area contributed by atoms with Crippen LogP contribution in [0, 0.1) is 0 Å². The van der Waals surface area contributed by atoms with E-state index in [2.05, 4.69) is 5.32 Å². The lowest BCUT2D eigenvalue weighted by Crippen LogP contribution is -2.15. The number of rotatable bonds is 5. The maximum absolute atomic E-state index is 12.5. The molecular weight excluding hydrogens is 386 g/mol. The fourth-order valence-electron chi connectivity index (χ4n) is 3.19. The van der Waals surface area contributed by atoms with Crippen LogP contribution in [0.25, 0.3) is 5.69 Å². The molecule has 0 fully saturated rings. The van der Waals surface area contributed by atoms with Gasteiger partial charge in [0, 0.05) is 17.1 Å². The van der Waals surface area contributed by atoms with E-state index in [1.807, 2.05) is 54.6 Å². The summed E-state index contributed by atoms with van der Waals surface area (Å²) < 4.78 is 12.9. The number of amides is 1. The molecule has 6 nitrogen and oxygen atoms in total. The molecule has 29 heavy (non-hydrogen) atoms. The van der Waals surface area contributed by atoms with Gasteiger partial charge in [-0.25, -0.2) is 4.68 Å². The summed E-state index contributed by atoms with van der Waals surface area (Å²) in [5.74, 6) is 3.82. The van der Waals surface area contributed by atoms with Crippen molar-refractivity contribution in [1.29, 1.82) is 0 Å². The van der Waals surface area contributed by atoms with Crippen molar-refractivity contribution in [2.45, 2.75) is 11.5 Å². The Bertz CT molecular complexity index is 1140. The minimum atomic E-state index is -0.292. The molecule has 3 heterocycles. The number of aromatic nitrogens is 2. The van der Waals surface area contributed by atoms with Gasteiger partial charge in [0.15, 0.2) is 5.76 Å². The van der Waals surface area contributed by atoms with Gasteiger partial charge in [-0.2, -0.15) is 16.9 Å². The fourth-order valence-corrected chi connectivity index (χ4v) is 4.22. The largest absolute Gasteiger partial charge is 0.459 e. The Morgan fingerprint density at radius 1 is 1.00 bits per heavy atom. The Labute approximate surface area is 171 Å². The predicted molar refractivity (Wildman–Crippen MR) is 112 cm³/mol. The Morgan fingerprint density at radius 2 is 1.79 bits per heavy atom. The molecule has 0 spiro atoms. The van der Waals surface area contributed by atoms with Crippen molar-refractivity contribution in [1.82, 2.24) is 9.78 Å². The van der Waals surface area contributed by atoms with E-state index in [1.54, 1.807) is 28.6 Å². The zero-order valence-electron chi connectivity index (χ0n) is 15.4. The molecule has 1 amide bonds. The zero-order valence-corrected chi connectivity index (χ0v) is 16.2. The highest BCUT2D eigenvalue weighted by atomic mass is 32.2. The average Bonchev–Trinajstić information content (AvgIpc) is 3.48. The molecule has 2 aromatic carbocycles. The van der Waals surface area contributed by atoms with Gasteiger partial charge in [0.25, 0.3) is 5.91 Å². The van der Waals surface area contributed by atoms with E-state index in [0.717, 1.165) is 39.9 Å². The second-order valence-corrected chi connectivity index (χ2v) is 7.50. The maximum Gasteiger partial charge on any atom is 0.292 e. The van der Waals surface area contributed by atoms with E-state index in [9.17, 15) is 4.79 Å². The molecular formula is C22H17N3O3S. The van der Waals surface area contributed by atoms with Crippen molar-refractivity contribution >= 4 is 23.5 Å². The molecule has 1 aliphatic heterocycles. The quantitative estimate of drug-likeness (QED) is 0.492. The van der Waals surface area contributed by atoms with E-state index in [4.69, 9.17) is 14.3 Å². The van der Waals surface area contributed by atoms with Crippen LogP contribution in [0.15, 0.2) is 77.4 Å². The Morgan fingerprint density at radius 3 is 2.55 bits per heavy atom. The molecule has 0 radical (unpaired) electrons. The van der Waals surface area contributed by atoms with Gasteiger partial charge >= 0.3 is 0 Å². The molecule has 0 unspecified atom stereocenters. The highest BCUT2D eigenvalue weighted by Crippen LogP contribution is 2.36. The van der Waals surface area contributed by atoms with Gasteiger partial charge in [0.1, 0.15) is 17.3 Å². The summed E-state index contributed by atoms with van der Waals surface area (Å²) in [4.78, 5) is 12.5. The number of ether oxygens (including phenoxy) is 1. The SMILES string of the molecule is O=C(Nc1c2c(nn1-c1ccc(Oc3ccccc3)cc1)CSC2)c1ccco1. The van der Waals surface area contributed by atoms with Gasteiger partial charge < -0.3 is 14.5 Å². The number of thioether (sulfide) groups is 1.